The summed E-state index contributed by atoms with van der Waals surface area (Å²) >= 11 is 0. The minimum Gasteiger partial charge on any atom is -0.506 e. The molecule has 0 atom stereocenters. The van der Waals surface area contributed by atoms with Crippen molar-refractivity contribution in [2.75, 3.05) is 0 Å². The van der Waals surface area contributed by atoms with Gasteiger partial charge in [0, 0.05) is 5.28 Å². The summed E-state index contributed by atoms with van der Waals surface area (Å²) < 4.78 is 0. The Kier molecular flexibility index (Phi) is 3.87. The number of nitrogens with zero attached hydrogens (tertiary/aromatic N) is 2. The Hall–Kier alpha value is -2.69. The normalized spacial score (nSPS) is 10.6. The smallest absolute Gasteiger partial charge is 0.367 e. The van der Waals surface area contributed by atoms with E-state index < -0.39 is 5.97 Å². The minimum atomic E-state index is -0.600. The number of carbonyl (C=O) groups excluding carboxylic acids is 1. The van der Waals surface area contributed by atoms with Crippen LogP contribution in [0, 0.1) is 6.92 Å². The number of aromatic hydroxyl groups is 1. The van der Waals surface area contributed by atoms with Crippen LogP contribution in [0.25, 0.3) is 0 Å². The van der Waals surface area contributed by atoms with E-state index in [4.69, 9.17) is 0 Å². The Labute approximate surface area is 110 Å². The van der Waals surface area contributed by atoms with Crippen molar-refractivity contribution < 1.29 is 14.7 Å². The molecule has 2 aromatic carbocycles. The maximum absolute atomic E-state index is 11.5. The third-order valence-corrected chi connectivity index (χ3v) is 2.41. The molecule has 19 heavy (non-hydrogen) atoms. The first kappa shape index (κ1) is 12.8. The molecule has 5 heteroatoms. The molecule has 0 aliphatic rings. The third kappa shape index (κ3) is 3.38. The van der Waals surface area contributed by atoms with Crippen LogP contribution in [0.3, 0.4) is 0 Å². The van der Waals surface area contributed by atoms with Crippen LogP contribution < -0.4 is 0 Å². The van der Waals surface area contributed by atoms with Gasteiger partial charge in [-0.3, -0.25) is 4.84 Å². The lowest BCUT2D eigenvalue weighted by molar-refractivity contribution is 0.0483. The van der Waals surface area contributed by atoms with Crippen molar-refractivity contribution >= 4 is 11.7 Å². The first-order valence-corrected chi connectivity index (χ1v) is 5.64. The average Bonchev–Trinajstić information content (AvgIpc) is 2.43. The first-order chi connectivity index (χ1) is 9.16. The molecule has 5 nitrogen and oxygen atoms in total. The quantitative estimate of drug-likeness (QED) is 0.674. The number of carbonyl (C=O) groups is 1. The molecular formula is C14H12N2O3. The number of hydrogen-bond donors (Lipinski definition) is 1. The van der Waals surface area contributed by atoms with Crippen LogP contribution in [-0.4, -0.2) is 11.1 Å². The number of aryl methyl sites for hydroxylation is 1. The molecule has 1 N–H and O–H groups in total. The van der Waals surface area contributed by atoms with Gasteiger partial charge in [-0.2, -0.15) is 0 Å². The van der Waals surface area contributed by atoms with Crippen LogP contribution in [0.4, 0.5) is 5.69 Å². The van der Waals surface area contributed by atoms with E-state index in [9.17, 15) is 9.90 Å². The molecule has 0 fully saturated rings. The highest BCUT2D eigenvalue weighted by molar-refractivity contribution is 5.89. The van der Waals surface area contributed by atoms with Crippen molar-refractivity contribution in [1.29, 1.82) is 0 Å². The molecule has 0 amide bonds. The standard InChI is InChI=1S/C14H12N2O3/c1-10-7-8-13(17)12(9-10)15-16-19-14(18)11-5-3-2-4-6-11/h2-9,17H,1H3. The van der Waals surface area contributed by atoms with Crippen molar-refractivity contribution in [3.63, 3.8) is 0 Å². The second-order valence-corrected chi connectivity index (χ2v) is 3.92. The lowest BCUT2D eigenvalue weighted by atomic mass is 10.2. The summed E-state index contributed by atoms with van der Waals surface area (Å²) in [5.41, 5.74) is 1.55. The van der Waals surface area contributed by atoms with Crippen LogP contribution in [0.1, 0.15) is 15.9 Å². The third-order valence-electron chi connectivity index (χ3n) is 2.41. The van der Waals surface area contributed by atoms with E-state index in [-0.39, 0.29) is 11.4 Å². The fourth-order valence-corrected chi connectivity index (χ4v) is 1.44. The first-order valence-electron chi connectivity index (χ1n) is 5.64. The Balaban J connectivity index is 2.04. The van der Waals surface area contributed by atoms with Crippen molar-refractivity contribution in [3.8, 4) is 5.75 Å². The zero-order valence-corrected chi connectivity index (χ0v) is 10.3. The van der Waals surface area contributed by atoms with Crippen LogP contribution in [0.15, 0.2) is 58.9 Å². The van der Waals surface area contributed by atoms with Gasteiger partial charge in [-0.15, -0.1) is 5.11 Å². The van der Waals surface area contributed by atoms with E-state index in [1.54, 1.807) is 42.5 Å². The topological polar surface area (TPSA) is 71.2 Å². The van der Waals surface area contributed by atoms with Gasteiger partial charge in [-0.1, -0.05) is 24.3 Å². The van der Waals surface area contributed by atoms with E-state index in [1.165, 1.54) is 6.07 Å². The van der Waals surface area contributed by atoms with Gasteiger partial charge in [0.15, 0.2) is 0 Å². The summed E-state index contributed by atoms with van der Waals surface area (Å²) in [6.07, 6.45) is 0. The zero-order valence-electron chi connectivity index (χ0n) is 10.3. The molecule has 0 spiro atoms. The van der Waals surface area contributed by atoms with Crippen molar-refractivity contribution in [1.82, 2.24) is 0 Å². The predicted molar refractivity (Wildman–Crippen MR) is 69.2 cm³/mol. The van der Waals surface area contributed by atoms with Crippen LogP contribution in [0.2, 0.25) is 0 Å². The van der Waals surface area contributed by atoms with E-state index in [0.29, 0.717) is 5.56 Å². The lowest BCUT2D eigenvalue weighted by Crippen LogP contribution is -1.99. The highest BCUT2D eigenvalue weighted by Crippen LogP contribution is 2.27. The Morgan fingerprint density at radius 3 is 2.63 bits per heavy atom. The fourth-order valence-electron chi connectivity index (χ4n) is 1.44. The zero-order chi connectivity index (χ0) is 13.7. The van der Waals surface area contributed by atoms with Gasteiger partial charge in [-0.05, 0) is 36.8 Å². The van der Waals surface area contributed by atoms with Gasteiger partial charge in [-0.25, -0.2) is 4.79 Å². The van der Waals surface area contributed by atoms with Crippen LogP contribution >= 0.6 is 0 Å². The van der Waals surface area contributed by atoms with Crippen LogP contribution in [-0.2, 0) is 4.84 Å². The highest BCUT2D eigenvalue weighted by atomic mass is 16.7. The Bertz CT molecular complexity index is 609. The second kappa shape index (κ2) is 5.77. The molecule has 0 radical (unpaired) electrons. The SMILES string of the molecule is Cc1ccc(O)c(N=NOC(=O)c2ccccc2)c1. The molecule has 2 rings (SSSR count). The van der Waals surface area contributed by atoms with Gasteiger partial charge in [0.05, 0.1) is 5.56 Å². The van der Waals surface area contributed by atoms with Crippen LogP contribution in [0.5, 0.6) is 5.75 Å². The number of rotatable bonds is 3. The maximum Gasteiger partial charge on any atom is 0.367 e. The maximum atomic E-state index is 11.5. The molecule has 0 aliphatic carbocycles. The number of phenolic OH excluding ortho intramolecular Hbond substituents is 1. The van der Waals surface area contributed by atoms with E-state index in [1.807, 2.05) is 6.92 Å². The number of phenols is 1. The fraction of sp³-hybridized carbons (Fsp3) is 0.0714. The largest absolute Gasteiger partial charge is 0.506 e. The summed E-state index contributed by atoms with van der Waals surface area (Å²) in [5, 5.41) is 16.5. The molecule has 0 heterocycles. The number of hydrogen-bond acceptors (Lipinski definition) is 5. The van der Waals surface area contributed by atoms with Crippen molar-refractivity contribution in [2.24, 2.45) is 10.4 Å². The van der Waals surface area contributed by atoms with Gasteiger partial charge in [0.25, 0.3) is 0 Å². The molecule has 0 aliphatic heterocycles. The molecule has 0 saturated heterocycles. The summed E-state index contributed by atoms with van der Waals surface area (Å²) in [6.45, 7) is 1.86. The molecule has 96 valence electrons. The predicted octanol–water partition coefficient (Wildman–Crippen LogP) is 3.56. The summed E-state index contributed by atoms with van der Waals surface area (Å²) in [7, 11) is 0. The van der Waals surface area contributed by atoms with Gasteiger partial charge in [0.2, 0.25) is 0 Å². The molecule has 2 aromatic rings. The monoisotopic (exact) mass is 256 g/mol. The average molecular weight is 256 g/mol. The summed E-state index contributed by atoms with van der Waals surface area (Å²) in [4.78, 5) is 16.2. The Morgan fingerprint density at radius 1 is 1.16 bits per heavy atom. The molecule has 0 saturated carbocycles. The number of benzene rings is 2. The molecular weight excluding hydrogens is 244 g/mol. The van der Waals surface area contributed by atoms with E-state index in [0.717, 1.165) is 5.56 Å². The molecule has 0 bridgehead atoms. The molecule has 0 unspecified atom stereocenters. The molecule has 0 aromatic heterocycles. The van der Waals surface area contributed by atoms with Gasteiger partial charge < -0.3 is 5.11 Å². The highest BCUT2D eigenvalue weighted by Gasteiger charge is 2.06. The minimum absolute atomic E-state index is 0.0230. The van der Waals surface area contributed by atoms with E-state index >= 15 is 0 Å². The Morgan fingerprint density at radius 2 is 1.89 bits per heavy atom. The van der Waals surface area contributed by atoms with Crippen molar-refractivity contribution in [3.05, 3.63) is 59.7 Å². The summed E-state index contributed by atoms with van der Waals surface area (Å²) in [6, 6.07) is 13.3. The second-order valence-electron chi connectivity index (χ2n) is 3.92. The summed E-state index contributed by atoms with van der Waals surface area (Å²) in [5.74, 6) is -0.624. The van der Waals surface area contributed by atoms with Gasteiger partial charge in [0.1, 0.15) is 11.4 Å². The van der Waals surface area contributed by atoms with Gasteiger partial charge >= 0.3 is 5.97 Å². The van der Waals surface area contributed by atoms with E-state index in [2.05, 4.69) is 15.2 Å². The lowest BCUT2D eigenvalue weighted by Gasteiger charge is -1.99. The van der Waals surface area contributed by atoms with Crippen molar-refractivity contribution in [2.45, 2.75) is 6.92 Å².